The van der Waals surface area contributed by atoms with Gasteiger partial charge in [-0.2, -0.15) is 0 Å². The Morgan fingerprint density at radius 2 is 2.00 bits per heavy atom. The van der Waals surface area contributed by atoms with Gasteiger partial charge in [-0.25, -0.2) is 0 Å². The summed E-state index contributed by atoms with van der Waals surface area (Å²) in [6.07, 6.45) is 1.47. The first-order valence-electron chi connectivity index (χ1n) is 9.55. The van der Waals surface area contributed by atoms with Crippen LogP contribution in [-0.2, 0) is 21.6 Å². The van der Waals surface area contributed by atoms with Crippen LogP contribution in [0.1, 0.15) is 48.1 Å². The highest BCUT2D eigenvalue weighted by atomic mass is 16.5. The first kappa shape index (κ1) is 17.8. The molecule has 4 rings (SSSR count). The molecule has 27 heavy (non-hydrogen) atoms. The second-order valence-electron chi connectivity index (χ2n) is 7.53. The van der Waals surface area contributed by atoms with E-state index in [1.807, 2.05) is 13.0 Å². The van der Waals surface area contributed by atoms with Gasteiger partial charge in [-0.15, -0.1) is 0 Å². The molecule has 3 aromatic rings. The van der Waals surface area contributed by atoms with Gasteiger partial charge in [0.25, 0.3) is 0 Å². The topological polar surface area (TPSA) is 62.3 Å². The van der Waals surface area contributed by atoms with Crippen LogP contribution in [0, 0.1) is 6.92 Å². The van der Waals surface area contributed by atoms with Gasteiger partial charge in [-0.3, -0.25) is 4.79 Å². The van der Waals surface area contributed by atoms with Gasteiger partial charge in [0.2, 0.25) is 0 Å². The molecule has 0 saturated carbocycles. The number of fused-ring (bicyclic) bond motifs is 3. The molecule has 0 bridgehead atoms. The molecule has 0 fully saturated rings. The number of aromatic amines is 1. The number of hydrogen-bond donors (Lipinski definition) is 2. The number of aromatic nitrogens is 1. The van der Waals surface area contributed by atoms with Gasteiger partial charge in [-0.05, 0) is 36.5 Å². The van der Waals surface area contributed by atoms with Crippen molar-refractivity contribution in [1.29, 1.82) is 0 Å². The predicted molar refractivity (Wildman–Crippen MR) is 106 cm³/mol. The van der Waals surface area contributed by atoms with Crippen molar-refractivity contribution in [1.82, 2.24) is 4.98 Å². The molecule has 1 aliphatic heterocycles. The van der Waals surface area contributed by atoms with Gasteiger partial charge in [0, 0.05) is 16.8 Å². The highest BCUT2D eigenvalue weighted by Crippen LogP contribution is 2.46. The van der Waals surface area contributed by atoms with Gasteiger partial charge >= 0.3 is 5.97 Å². The van der Waals surface area contributed by atoms with E-state index in [2.05, 4.69) is 54.4 Å². The van der Waals surface area contributed by atoms with Crippen LogP contribution in [0.2, 0.25) is 0 Å². The van der Waals surface area contributed by atoms with E-state index in [0.717, 1.165) is 17.6 Å². The Bertz CT molecular complexity index is 976. The quantitative estimate of drug-likeness (QED) is 0.677. The third-order valence-corrected chi connectivity index (χ3v) is 5.84. The average Bonchev–Trinajstić information content (AvgIpc) is 3.06. The third kappa shape index (κ3) is 3.04. The van der Waals surface area contributed by atoms with Crippen LogP contribution in [0.15, 0.2) is 48.5 Å². The minimum absolute atomic E-state index is 0.0274. The van der Waals surface area contributed by atoms with Gasteiger partial charge in [0.05, 0.1) is 18.7 Å². The Kier molecular flexibility index (Phi) is 4.52. The zero-order valence-electron chi connectivity index (χ0n) is 15.8. The number of nitrogens with one attached hydrogen (secondary N) is 1. The van der Waals surface area contributed by atoms with E-state index >= 15 is 0 Å². The van der Waals surface area contributed by atoms with Gasteiger partial charge in [-0.1, -0.05) is 55.5 Å². The summed E-state index contributed by atoms with van der Waals surface area (Å²) in [4.78, 5) is 15.2. The summed E-state index contributed by atoms with van der Waals surface area (Å²) in [6, 6.07) is 16.7. The lowest BCUT2D eigenvalue weighted by atomic mass is 9.80. The van der Waals surface area contributed by atoms with Crippen molar-refractivity contribution >= 4 is 16.9 Å². The zero-order chi connectivity index (χ0) is 19.0. The van der Waals surface area contributed by atoms with Crippen molar-refractivity contribution in [2.75, 3.05) is 6.61 Å². The summed E-state index contributed by atoms with van der Waals surface area (Å²) in [5.74, 6) is -0.633. The number of rotatable bonds is 5. The van der Waals surface area contributed by atoms with E-state index in [4.69, 9.17) is 4.74 Å². The Hall–Kier alpha value is -2.59. The Balaban J connectivity index is 1.88. The number of aliphatic carboxylic acids is 1. The molecule has 4 nitrogen and oxygen atoms in total. The number of H-pyrrole nitrogens is 1. The summed E-state index contributed by atoms with van der Waals surface area (Å²) in [7, 11) is 0. The van der Waals surface area contributed by atoms with Gasteiger partial charge in [0.1, 0.15) is 5.60 Å². The number of para-hydroxylation sites is 1. The average molecular weight is 363 g/mol. The van der Waals surface area contributed by atoms with Crippen molar-refractivity contribution in [2.45, 2.75) is 44.6 Å². The van der Waals surface area contributed by atoms with Crippen LogP contribution in [-0.4, -0.2) is 22.7 Å². The summed E-state index contributed by atoms with van der Waals surface area (Å²) < 4.78 is 6.29. The molecule has 0 saturated heterocycles. The molecule has 2 aromatic carbocycles. The Morgan fingerprint density at radius 3 is 2.70 bits per heavy atom. The maximum Gasteiger partial charge on any atom is 0.306 e. The van der Waals surface area contributed by atoms with Gasteiger partial charge < -0.3 is 14.8 Å². The number of hydrogen-bond acceptors (Lipinski definition) is 2. The maximum atomic E-state index is 11.6. The van der Waals surface area contributed by atoms with Crippen molar-refractivity contribution in [3.63, 3.8) is 0 Å². The maximum absolute atomic E-state index is 11.6. The normalized spacial score (nSPS) is 21.9. The molecule has 140 valence electrons. The van der Waals surface area contributed by atoms with Crippen LogP contribution >= 0.6 is 0 Å². The molecule has 2 atom stereocenters. The van der Waals surface area contributed by atoms with E-state index in [1.54, 1.807) is 0 Å². The number of carboxylic acid groups (broad SMARTS) is 1. The van der Waals surface area contributed by atoms with E-state index in [-0.39, 0.29) is 12.3 Å². The summed E-state index contributed by atoms with van der Waals surface area (Å²) in [6.45, 7) is 4.62. The lowest BCUT2D eigenvalue weighted by Gasteiger charge is -2.39. The van der Waals surface area contributed by atoms with E-state index in [0.29, 0.717) is 13.0 Å². The van der Waals surface area contributed by atoms with Crippen LogP contribution in [0.25, 0.3) is 10.9 Å². The first-order chi connectivity index (χ1) is 13.0. The Labute approximate surface area is 159 Å². The van der Waals surface area contributed by atoms with Crippen molar-refractivity contribution < 1.29 is 14.6 Å². The smallest absolute Gasteiger partial charge is 0.306 e. The minimum Gasteiger partial charge on any atom is -0.481 e. The molecule has 4 heteroatoms. The number of carbonyl (C=O) groups is 1. The highest BCUT2D eigenvalue weighted by Gasteiger charge is 2.44. The van der Waals surface area contributed by atoms with E-state index in [9.17, 15) is 9.90 Å². The molecule has 0 spiro atoms. The number of ether oxygens (including phenoxy) is 1. The predicted octanol–water partition coefficient (Wildman–Crippen LogP) is 4.91. The molecule has 1 aliphatic rings. The number of benzene rings is 2. The molecule has 1 unspecified atom stereocenters. The number of carboxylic acids is 1. The first-order valence-corrected chi connectivity index (χ1v) is 9.55. The molecular formula is C23H25NO3. The molecule has 2 N–H and O–H groups in total. The second kappa shape index (κ2) is 6.86. The lowest BCUT2D eigenvalue weighted by Crippen LogP contribution is -2.39. The van der Waals surface area contributed by atoms with E-state index < -0.39 is 11.6 Å². The monoisotopic (exact) mass is 363 g/mol. The van der Waals surface area contributed by atoms with Crippen molar-refractivity contribution in [2.24, 2.45) is 0 Å². The largest absolute Gasteiger partial charge is 0.481 e. The molecule has 2 heterocycles. The fraction of sp³-hybridized carbons (Fsp3) is 0.348. The Morgan fingerprint density at radius 1 is 1.22 bits per heavy atom. The van der Waals surface area contributed by atoms with Crippen LogP contribution in [0.5, 0.6) is 0 Å². The SMILES string of the molecule is CCC1(CC(=O)O)OC[C@@H](Cc2ccccc2)c2c1[nH]c1c(C)cccc21. The molecule has 0 amide bonds. The van der Waals surface area contributed by atoms with Crippen LogP contribution in [0.4, 0.5) is 0 Å². The summed E-state index contributed by atoms with van der Waals surface area (Å²) >= 11 is 0. The fourth-order valence-electron chi connectivity index (χ4n) is 4.43. The lowest BCUT2D eigenvalue weighted by molar-refractivity contribution is -0.149. The zero-order valence-corrected chi connectivity index (χ0v) is 15.8. The van der Waals surface area contributed by atoms with Crippen molar-refractivity contribution in [3.8, 4) is 0 Å². The van der Waals surface area contributed by atoms with Crippen LogP contribution in [0.3, 0.4) is 0 Å². The second-order valence-corrected chi connectivity index (χ2v) is 7.53. The fourth-order valence-corrected chi connectivity index (χ4v) is 4.43. The molecular weight excluding hydrogens is 338 g/mol. The molecule has 0 radical (unpaired) electrons. The summed E-state index contributed by atoms with van der Waals surface area (Å²) in [5, 5.41) is 10.7. The van der Waals surface area contributed by atoms with Crippen LogP contribution < -0.4 is 0 Å². The minimum atomic E-state index is -0.834. The standard InChI is InChI=1S/C23H25NO3/c1-3-23(13-19(25)26)22-20(18-11-7-8-15(2)21(18)24-22)17(14-27-23)12-16-9-5-4-6-10-16/h4-11,17,24H,3,12-14H2,1-2H3,(H,25,26)/t17-,23?/m1/s1. The third-order valence-electron chi connectivity index (χ3n) is 5.84. The van der Waals surface area contributed by atoms with E-state index in [1.165, 1.54) is 22.1 Å². The number of aryl methyl sites for hydroxylation is 1. The molecule has 1 aromatic heterocycles. The van der Waals surface area contributed by atoms with Crippen molar-refractivity contribution in [3.05, 3.63) is 70.9 Å². The van der Waals surface area contributed by atoms with Gasteiger partial charge in [0.15, 0.2) is 0 Å². The molecule has 0 aliphatic carbocycles. The highest BCUT2D eigenvalue weighted by molar-refractivity contribution is 5.88. The summed E-state index contributed by atoms with van der Waals surface area (Å²) in [5.41, 5.74) is 4.91.